The molecule has 140 valence electrons. The summed E-state index contributed by atoms with van der Waals surface area (Å²) in [7, 11) is 1.58. The van der Waals surface area contributed by atoms with Crippen molar-refractivity contribution >= 4 is 22.9 Å². The van der Waals surface area contributed by atoms with Gasteiger partial charge in [0.1, 0.15) is 6.61 Å². The monoisotopic (exact) mass is 389 g/mol. The summed E-state index contributed by atoms with van der Waals surface area (Å²) in [6.07, 6.45) is 0. The molecule has 3 rings (SSSR count). The number of aryl methyl sites for hydroxylation is 1. The number of hydrogen-bond acceptors (Lipinski definition) is 4. The van der Waals surface area contributed by atoms with Gasteiger partial charge >= 0.3 is 0 Å². The van der Waals surface area contributed by atoms with Crippen molar-refractivity contribution in [3.63, 3.8) is 0 Å². The molecule has 2 aromatic carbocycles. The van der Waals surface area contributed by atoms with Crippen LogP contribution in [0.2, 0.25) is 0 Å². The molecule has 1 aromatic heterocycles. The van der Waals surface area contributed by atoms with E-state index < -0.39 is 17.5 Å². The molecule has 0 bridgehead atoms. The number of thiophene rings is 1. The molecule has 1 heterocycles. The van der Waals surface area contributed by atoms with E-state index in [4.69, 9.17) is 9.47 Å². The van der Waals surface area contributed by atoms with Gasteiger partial charge in [-0.1, -0.05) is 6.07 Å². The molecule has 0 saturated heterocycles. The minimum absolute atomic E-state index is 0.189. The van der Waals surface area contributed by atoms with Gasteiger partial charge in [0.2, 0.25) is 0 Å². The van der Waals surface area contributed by atoms with Crippen LogP contribution >= 0.6 is 11.3 Å². The number of carbonyl (C=O) groups excluding carboxylic acids is 1. The minimum Gasteiger partial charge on any atom is -0.493 e. The van der Waals surface area contributed by atoms with E-state index in [2.05, 4.69) is 5.32 Å². The molecular weight excluding hydrogens is 372 g/mol. The third kappa shape index (κ3) is 4.62. The highest BCUT2D eigenvalue weighted by Crippen LogP contribution is 2.29. The van der Waals surface area contributed by atoms with E-state index in [1.54, 1.807) is 18.6 Å². The number of amides is 1. The van der Waals surface area contributed by atoms with E-state index in [1.807, 2.05) is 25.1 Å². The number of methoxy groups -OCH3 is 1. The molecule has 0 radical (unpaired) electrons. The van der Waals surface area contributed by atoms with Crippen molar-refractivity contribution in [3.05, 3.63) is 75.5 Å². The fourth-order valence-electron chi connectivity index (χ4n) is 2.39. The van der Waals surface area contributed by atoms with E-state index in [9.17, 15) is 13.6 Å². The summed E-state index contributed by atoms with van der Waals surface area (Å²) in [4.78, 5) is 12.7. The van der Waals surface area contributed by atoms with Crippen LogP contribution in [0.1, 0.15) is 20.8 Å². The summed E-state index contributed by atoms with van der Waals surface area (Å²) in [5.74, 6) is -1.12. The highest BCUT2D eigenvalue weighted by Gasteiger charge is 2.12. The van der Waals surface area contributed by atoms with Crippen LogP contribution in [0, 0.1) is 18.6 Å². The minimum atomic E-state index is -1.01. The molecule has 0 atom stereocenters. The van der Waals surface area contributed by atoms with Crippen LogP contribution in [0.3, 0.4) is 0 Å². The predicted molar refractivity (Wildman–Crippen MR) is 101 cm³/mol. The Morgan fingerprint density at radius 1 is 1.07 bits per heavy atom. The Morgan fingerprint density at radius 2 is 1.89 bits per heavy atom. The molecule has 7 heteroatoms. The third-order valence-corrected chi connectivity index (χ3v) is 4.75. The number of hydrogen-bond donors (Lipinski definition) is 1. The first kappa shape index (κ1) is 18.8. The summed E-state index contributed by atoms with van der Waals surface area (Å²) in [5, 5.41) is 4.35. The lowest BCUT2D eigenvalue weighted by Gasteiger charge is -2.10. The van der Waals surface area contributed by atoms with Crippen LogP contribution in [-0.2, 0) is 6.61 Å². The van der Waals surface area contributed by atoms with Crippen molar-refractivity contribution in [1.82, 2.24) is 0 Å². The van der Waals surface area contributed by atoms with Gasteiger partial charge < -0.3 is 14.8 Å². The molecule has 1 amide bonds. The molecule has 0 aliphatic carbocycles. The van der Waals surface area contributed by atoms with Crippen LogP contribution < -0.4 is 14.8 Å². The van der Waals surface area contributed by atoms with E-state index in [-0.39, 0.29) is 12.3 Å². The summed E-state index contributed by atoms with van der Waals surface area (Å²) in [5.41, 5.74) is 2.07. The van der Waals surface area contributed by atoms with Gasteiger partial charge in [0.25, 0.3) is 5.91 Å². The molecule has 27 heavy (non-hydrogen) atoms. The zero-order valence-corrected chi connectivity index (χ0v) is 15.5. The summed E-state index contributed by atoms with van der Waals surface area (Å²) in [6, 6.07) is 10.5. The molecule has 0 aliphatic rings. The zero-order valence-electron chi connectivity index (χ0n) is 14.7. The van der Waals surface area contributed by atoms with Crippen molar-refractivity contribution < 1.29 is 23.0 Å². The van der Waals surface area contributed by atoms with Gasteiger partial charge in [-0.05, 0) is 48.2 Å². The van der Waals surface area contributed by atoms with Gasteiger partial charge in [-0.2, -0.15) is 0 Å². The van der Waals surface area contributed by atoms with Gasteiger partial charge in [-0.3, -0.25) is 4.79 Å². The maximum Gasteiger partial charge on any atom is 0.265 e. The second-order valence-electron chi connectivity index (χ2n) is 5.85. The average molecular weight is 389 g/mol. The molecule has 0 saturated carbocycles. The Kier molecular flexibility index (Phi) is 5.71. The largest absolute Gasteiger partial charge is 0.493 e. The Hall–Kier alpha value is -2.93. The third-order valence-electron chi connectivity index (χ3n) is 3.77. The number of benzene rings is 2. The zero-order chi connectivity index (χ0) is 19.4. The first-order valence-corrected chi connectivity index (χ1v) is 8.95. The highest BCUT2D eigenvalue weighted by atomic mass is 32.1. The quantitative estimate of drug-likeness (QED) is 0.632. The van der Waals surface area contributed by atoms with E-state index in [1.165, 1.54) is 17.4 Å². The van der Waals surface area contributed by atoms with Crippen molar-refractivity contribution in [2.24, 2.45) is 0 Å². The lowest BCUT2D eigenvalue weighted by atomic mass is 10.2. The van der Waals surface area contributed by atoms with Crippen LogP contribution in [0.5, 0.6) is 11.5 Å². The molecule has 0 aliphatic heterocycles. The standard InChI is InChI=1S/C20H17F2NO3S/c1-12-3-6-17(18(7-12)25-2)26-10-13-8-19(27-11-13)20(24)23-14-4-5-15(21)16(22)9-14/h3-9,11H,10H2,1-2H3,(H,23,24). The van der Waals surface area contributed by atoms with Crippen molar-refractivity contribution in [1.29, 1.82) is 0 Å². The average Bonchev–Trinajstić information content (AvgIpc) is 3.13. The number of ether oxygens (including phenoxy) is 2. The van der Waals surface area contributed by atoms with Crippen molar-refractivity contribution in [2.75, 3.05) is 12.4 Å². The molecular formula is C20H17F2NO3S. The second kappa shape index (κ2) is 8.18. The molecule has 0 fully saturated rings. The fraction of sp³-hybridized carbons (Fsp3) is 0.150. The van der Waals surface area contributed by atoms with Gasteiger partial charge in [0, 0.05) is 17.3 Å². The Balaban J connectivity index is 1.64. The lowest BCUT2D eigenvalue weighted by molar-refractivity contribution is 0.103. The molecule has 3 aromatic rings. The number of nitrogens with one attached hydrogen (secondary N) is 1. The van der Waals surface area contributed by atoms with Gasteiger partial charge in [0.15, 0.2) is 23.1 Å². The molecule has 0 spiro atoms. The van der Waals surface area contributed by atoms with Crippen molar-refractivity contribution in [3.8, 4) is 11.5 Å². The topological polar surface area (TPSA) is 47.6 Å². The van der Waals surface area contributed by atoms with E-state index in [0.29, 0.717) is 16.4 Å². The number of anilines is 1. The first-order chi connectivity index (χ1) is 13.0. The van der Waals surface area contributed by atoms with Crippen molar-refractivity contribution in [2.45, 2.75) is 13.5 Å². The van der Waals surface area contributed by atoms with Crippen LogP contribution in [0.25, 0.3) is 0 Å². The Morgan fingerprint density at radius 3 is 2.63 bits per heavy atom. The van der Waals surface area contributed by atoms with E-state index >= 15 is 0 Å². The van der Waals surface area contributed by atoms with Gasteiger partial charge in [0.05, 0.1) is 12.0 Å². The Bertz CT molecular complexity index is 972. The van der Waals surface area contributed by atoms with Gasteiger partial charge in [-0.25, -0.2) is 8.78 Å². The summed E-state index contributed by atoms with van der Waals surface area (Å²) >= 11 is 1.24. The molecule has 4 nitrogen and oxygen atoms in total. The second-order valence-corrected chi connectivity index (χ2v) is 6.76. The smallest absolute Gasteiger partial charge is 0.265 e. The molecule has 1 N–H and O–H groups in total. The van der Waals surface area contributed by atoms with Gasteiger partial charge in [-0.15, -0.1) is 11.3 Å². The van der Waals surface area contributed by atoms with E-state index in [0.717, 1.165) is 23.3 Å². The fourth-order valence-corrected chi connectivity index (χ4v) is 3.18. The lowest BCUT2D eigenvalue weighted by Crippen LogP contribution is -2.10. The first-order valence-electron chi connectivity index (χ1n) is 8.07. The van der Waals surface area contributed by atoms with Crippen LogP contribution in [0.4, 0.5) is 14.5 Å². The highest BCUT2D eigenvalue weighted by molar-refractivity contribution is 7.12. The predicted octanol–water partition coefficient (Wildman–Crippen LogP) is 5.17. The number of carbonyl (C=O) groups is 1. The normalized spacial score (nSPS) is 10.5. The van der Waals surface area contributed by atoms with Crippen LogP contribution in [0.15, 0.2) is 47.8 Å². The molecule has 0 unspecified atom stereocenters. The van der Waals surface area contributed by atoms with Crippen LogP contribution in [-0.4, -0.2) is 13.0 Å². The Labute approximate surface area is 159 Å². The maximum absolute atomic E-state index is 13.2. The summed E-state index contributed by atoms with van der Waals surface area (Å²) in [6.45, 7) is 2.23. The summed E-state index contributed by atoms with van der Waals surface area (Å²) < 4.78 is 37.3. The maximum atomic E-state index is 13.2. The number of rotatable bonds is 6. The number of halogens is 2. The SMILES string of the molecule is COc1cc(C)ccc1OCc1csc(C(=O)Nc2ccc(F)c(F)c2)c1.